The van der Waals surface area contributed by atoms with Gasteiger partial charge in [0, 0.05) is 23.0 Å². The number of hydrogen-bond acceptors (Lipinski definition) is 5. The molecule has 0 heterocycles. The predicted molar refractivity (Wildman–Crippen MR) is 186 cm³/mol. The lowest BCUT2D eigenvalue weighted by Gasteiger charge is -2.45. The van der Waals surface area contributed by atoms with Crippen LogP contribution in [0.3, 0.4) is 0 Å². The van der Waals surface area contributed by atoms with Crippen molar-refractivity contribution in [2.45, 2.75) is 106 Å². The van der Waals surface area contributed by atoms with Crippen LogP contribution in [0.2, 0.25) is 0 Å². The summed E-state index contributed by atoms with van der Waals surface area (Å²) in [4.78, 5) is 12.9. The first-order valence-corrected chi connectivity index (χ1v) is 15.8. The van der Waals surface area contributed by atoms with Crippen molar-refractivity contribution in [2.75, 3.05) is 6.61 Å². The van der Waals surface area contributed by atoms with Gasteiger partial charge in [0.1, 0.15) is 0 Å². The lowest BCUT2D eigenvalue weighted by molar-refractivity contribution is -0.111. The second kappa shape index (κ2) is 16.3. The number of carbonyl (C=O) groups is 1. The monoisotopic (exact) mass is 614 g/mol. The maximum atomic E-state index is 12.9. The first-order chi connectivity index (χ1) is 20.9. The molecule has 0 aromatic carbocycles. The van der Waals surface area contributed by atoms with Crippen molar-refractivity contribution < 1.29 is 25.2 Å². The second-order valence-electron chi connectivity index (χ2n) is 14.1. The third-order valence-electron chi connectivity index (χ3n) is 8.45. The Morgan fingerprint density at radius 2 is 1.38 bits per heavy atom. The van der Waals surface area contributed by atoms with Crippen molar-refractivity contribution in [3.05, 3.63) is 106 Å². The van der Waals surface area contributed by atoms with Crippen LogP contribution in [0.1, 0.15) is 88.0 Å². The molecule has 0 aromatic rings. The van der Waals surface area contributed by atoms with Gasteiger partial charge in [-0.2, -0.15) is 0 Å². The minimum atomic E-state index is -1.22. The van der Waals surface area contributed by atoms with Crippen LogP contribution >= 0.6 is 0 Å². The molecule has 244 valence electrons. The summed E-state index contributed by atoms with van der Waals surface area (Å²) in [6.45, 7) is 17.4. The molecule has 0 aliphatic heterocycles. The van der Waals surface area contributed by atoms with Gasteiger partial charge in [-0.3, -0.25) is 4.79 Å². The molecule has 0 bridgehead atoms. The van der Waals surface area contributed by atoms with E-state index >= 15 is 0 Å². The fourth-order valence-electron chi connectivity index (χ4n) is 6.28. The van der Waals surface area contributed by atoms with Gasteiger partial charge in [0.15, 0.2) is 5.78 Å². The predicted octanol–water partition coefficient (Wildman–Crippen LogP) is 7.34. The SMILES string of the molecule is CC1=C(C#C/C(=C/C=C/C(C)=C/C=C/C=C(C)/C=C/C=C(\C)C(=O)/C=C2\C(C)(C)C[C@H](O)C[C@@]2(C)O)CO)C(C)(C)C[C@H](O)C1. The van der Waals surface area contributed by atoms with E-state index in [0.717, 1.165) is 22.3 Å². The zero-order chi connectivity index (χ0) is 34.0. The Hall–Kier alpha value is -3.27. The molecule has 0 amide bonds. The number of allylic oxidation sites excluding steroid dienone is 15. The standard InChI is InChI=1S/C40H54O5/c1-28(16-12-18-30(3)36(44)23-37-39(7,8)25-34(43)26-40(37,9)45)14-10-11-15-29(2)17-13-19-32(27-41)20-21-35-31(4)22-33(42)24-38(35,5)6/h10-19,23,33-34,41-43,45H,22,24-27H2,1-9H3/b11-10+,16-12+,17-13+,28-14+,29-15+,30-18+,32-19-,37-23+/t33-,34+,40-/m1/s1. The van der Waals surface area contributed by atoms with Gasteiger partial charge in [0.2, 0.25) is 0 Å². The molecule has 0 spiro atoms. The van der Waals surface area contributed by atoms with E-state index in [9.17, 15) is 25.2 Å². The van der Waals surface area contributed by atoms with E-state index in [1.54, 1.807) is 19.9 Å². The summed E-state index contributed by atoms with van der Waals surface area (Å²) in [6.07, 6.45) is 21.7. The Kier molecular flexibility index (Phi) is 13.8. The highest BCUT2D eigenvalue weighted by molar-refractivity contribution is 6.04. The van der Waals surface area contributed by atoms with Crippen LogP contribution in [0, 0.1) is 22.7 Å². The van der Waals surface area contributed by atoms with Crippen molar-refractivity contribution in [3.8, 4) is 11.8 Å². The van der Waals surface area contributed by atoms with Crippen molar-refractivity contribution >= 4 is 5.78 Å². The number of aliphatic hydroxyl groups is 4. The Labute approximate surface area is 271 Å². The summed E-state index contributed by atoms with van der Waals surface area (Å²) in [5.74, 6) is 6.22. The summed E-state index contributed by atoms with van der Waals surface area (Å²) in [5, 5.41) is 40.8. The maximum absolute atomic E-state index is 12.9. The quantitative estimate of drug-likeness (QED) is 0.124. The van der Waals surface area contributed by atoms with Gasteiger partial charge in [0.25, 0.3) is 0 Å². The summed E-state index contributed by atoms with van der Waals surface area (Å²) >= 11 is 0. The molecule has 0 aromatic heterocycles. The molecular weight excluding hydrogens is 560 g/mol. The number of rotatable bonds is 9. The van der Waals surface area contributed by atoms with Crippen LogP contribution < -0.4 is 0 Å². The summed E-state index contributed by atoms with van der Waals surface area (Å²) in [5.41, 5.74) is 4.20. The summed E-state index contributed by atoms with van der Waals surface area (Å²) in [6, 6.07) is 0. The Morgan fingerprint density at radius 1 is 0.822 bits per heavy atom. The highest BCUT2D eigenvalue weighted by atomic mass is 16.3. The van der Waals surface area contributed by atoms with Gasteiger partial charge in [-0.05, 0) is 82.6 Å². The van der Waals surface area contributed by atoms with Gasteiger partial charge >= 0.3 is 0 Å². The molecule has 2 aliphatic rings. The molecule has 1 fully saturated rings. The third kappa shape index (κ3) is 11.9. The molecule has 4 N–H and O–H groups in total. The molecule has 0 unspecified atom stereocenters. The van der Waals surface area contributed by atoms with Gasteiger partial charge in [-0.25, -0.2) is 0 Å². The van der Waals surface area contributed by atoms with Crippen molar-refractivity contribution in [1.82, 2.24) is 0 Å². The van der Waals surface area contributed by atoms with Crippen LogP contribution in [-0.2, 0) is 4.79 Å². The lowest BCUT2D eigenvalue weighted by atomic mass is 9.64. The topological polar surface area (TPSA) is 98.0 Å². The first-order valence-electron chi connectivity index (χ1n) is 15.8. The summed E-state index contributed by atoms with van der Waals surface area (Å²) in [7, 11) is 0. The largest absolute Gasteiger partial charge is 0.393 e. The van der Waals surface area contributed by atoms with E-state index in [-0.39, 0.29) is 30.3 Å². The highest BCUT2D eigenvalue weighted by Gasteiger charge is 2.44. The zero-order valence-corrected chi connectivity index (χ0v) is 28.7. The van der Waals surface area contributed by atoms with Gasteiger partial charge in [0.05, 0.1) is 24.4 Å². The molecule has 45 heavy (non-hydrogen) atoms. The number of carbonyl (C=O) groups excluding carboxylic acids is 1. The van der Waals surface area contributed by atoms with Crippen LogP contribution in [-0.4, -0.2) is 50.6 Å². The lowest BCUT2D eigenvalue weighted by Crippen LogP contribution is -2.45. The Bertz CT molecular complexity index is 1410. The van der Waals surface area contributed by atoms with Gasteiger partial charge in [-0.1, -0.05) is 111 Å². The minimum absolute atomic E-state index is 0.140. The molecule has 3 atom stereocenters. The molecule has 0 saturated heterocycles. The minimum Gasteiger partial charge on any atom is -0.393 e. The molecule has 1 saturated carbocycles. The molecule has 5 nitrogen and oxygen atoms in total. The maximum Gasteiger partial charge on any atom is 0.181 e. The normalized spacial score (nSPS) is 27.5. The average Bonchev–Trinajstić information content (AvgIpc) is 2.90. The average molecular weight is 615 g/mol. The van der Waals surface area contributed by atoms with E-state index in [4.69, 9.17) is 0 Å². The smallest absolute Gasteiger partial charge is 0.181 e. The van der Waals surface area contributed by atoms with Crippen molar-refractivity contribution in [2.24, 2.45) is 10.8 Å². The molecule has 2 rings (SSSR count). The Morgan fingerprint density at radius 3 is 1.91 bits per heavy atom. The number of aliphatic hydroxyl groups excluding tert-OH is 3. The van der Waals surface area contributed by atoms with E-state index in [2.05, 4.69) is 25.7 Å². The molecule has 0 radical (unpaired) electrons. The van der Waals surface area contributed by atoms with E-state index in [1.165, 1.54) is 6.08 Å². The van der Waals surface area contributed by atoms with Crippen molar-refractivity contribution in [3.63, 3.8) is 0 Å². The fraction of sp³-hybridized carbons (Fsp3) is 0.475. The molecule has 2 aliphatic carbocycles. The van der Waals surface area contributed by atoms with E-state index in [0.29, 0.717) is 36.0 Å². The van der Waals surface area contributed by atoms with Crippen LogP contribution in [0.4, 0.5) is 0 Å². The molecular formula is C40H54O5. The number of ketones is 1. The second-order valence-corrected chi connectivity index (χ2v) is 14.1. The van der Waals surface area contributed by atoms with Gasteiger partial charge < -0.3 is 20.4 Å². The third-order valence-corrected chi connectivity index (χ3v) is 8.45. The zero-order valence-electron chi connectivity index (χ0n) is 28.7. The number of hydrogen-bond donors (Lipinski definition) is 4. The first kappa shape index (κ1) is 37.9. The van der Waals surface area contributed by atoms with Crippen LogP contribution in [0.25, 0.3) is 0 Å². The van der Waals surface area contributed by atoms with Crippen LogP contribution in [0.5, 0.6) is 0 Å². The van der Waals surface area contributed by atoms with E-state index in [1.807, 2.05) is 89.3 Å². The summed E-state index contributed by atoms with van der Waals surface area (Å²) < 4.78 is 0. The van der Waals surface area contributed by atoms with Crippen LogP contribution in [0.15, 0.2) is 106 Å². The molecule has 5 heteroatoms. The fourth-order valence-corrected chi connectivity index (χ4v) is 6.28. The van der Waals surface area contributed by atoms with Crippen molar-refractivity contribution in [1.29, 1.82) is 0 Å². The highest BCUT2D eigenvalue weighted by Crippen LogP contribution is 2.46. The van der Waals surface area contributed by atoms with Gasteiger partial charge in [-0.15, -0.1) is 0 Å². The Balaban J connectivity index is 2.00. The van der Waals surface area contributed by atoms with E-state index < -0.39 is 17.1 Å².